The Morgan fingerprint density at radius 1 is 1.50 bits per heavy atom. The first kappa shape index (κ1) is 11.4. The highest BCUT2D eigenvalue weighted by Crippen LogP contribution is 2.54. The largest absolute Gasteiger partial charge is 0.505 e. The van der Waals surface area contributed by atoms with Crippen LogP contribution in [-0.2, 0) is 10.2 Å². The molecule has 0 unspecified atom stereocenters. The second kappa shape index (κ2) is 3.73. The minimum absolute atomic E-state index is 0.105. The number of halogens is 2. The number of carboxylic acid groups (broad SMARTS) is 1. The summed E-state index contributed by atoms with van der Waals surface area (Å²) < 4.78 is 14.3. The van der Waals surface area contributed by atoms with Crippen molar-refractivity contribution >= 4 is 21.9 Å². The van der Waals surface area contributed by atoms with Gasteiger partial charge in [0.2, 0.25) is 0 Å². The molecule has 1 aliphatic carbocycles. The van der Waals surface area contributed by atoms with E-state index >= 15 is 0 Å². The molecule has 0 aliphatic heterocycles. The molecule has 3 nitrogen and oxygen atoms in total. The van der Waals surface area contributed by atoms with Gasteiger partial charge in [-0.05, 0) is 25.0 Å². The quantitative estimate of drug-likeness (QED) is 0.899. The van der Waals surface area contributed by atoms with Gasteiger partial charge in [0.25, 0.3) is 0 Å². The van der Waals surface area contributed by atoms with Crippen LogP contribution in [-0.4, -0.2) is 16.2 Å². The highest BCUT2D eigenvalue weighted by molar-refractivity contribution is 9.10. The molecule has 5 heteroatoms. The lowest BCUT2D eigenvalue weighted by Gasteiger charge is -2.16. The monoisotopic (exact) mass is 288 g/mol. The van der Waals surface area contributed by atoms with Gasteiger partial charge in [0.05, 0.1) is 6.42 Å². The van der Waals surface area contributed by atoms with Gasteiger partial charge in [0.1, 0.15) is 0 Å². The SMILES string of the molecule is O=C(O)CC1(c2c(Br)ccc(O)c2F)CC1. The van der Waals surface area contributed by atoms with Crippen LogP contribution in [0.2, 0.25) is 0 Å². The maximum Gasteiger partial charge on any atom is 0.304 e. The molecule has 0 amide bonds. The number of rotatable bonds is 3. The zero-order chi connectivity index (χ0) is 11.9. The molecule has 0 saturated heterocycles. The average Bonchev–Trinajstić information content (AvgIpc) is 2.92. The summed E-state index contributed by atoms with van der Waals surface area (Å²) in [6.45, 7) is 0. The number of aliphatic carboxylic acids is 1. The van der Waals surface area contributed by atoms with E-state index in [1.165, 1.54) is 12.1 Å². The molecule has 0 aromatic heterocycles. The molecule has 1 saturated carbocycles. The number of carboxylic acids is 1. The van der Waals surface area contributed by atoms with Crippen LogP contribution in [0.4, 0.5) is 4.39 Å². The lowest BCUT2D eigenvalue weighted by atomic mass is 9.92. The van der Waals surface area contributed by atoms with Gasteiger partial charge in [-0.3, -0.25) is 4.79 Å². The van der Waals surface area contributed by atoms with E-state index in [2.05, 4.69) is 15.9 Å². The molecule has 2 N–H and O–H groups in total. The fourth-order valence-electron chi connectivity index (χ4n) is 1.98. The smallest absolute Gasteiger partial charge is 0.304 e. The van der Waals surface area contributed by atoms with E-state index in [-0.39, 0.29) is 12.0 Å². The van der Waals surface area contributed by atoms with Crippen molar-refractivity contribution in [1.82, 2.24) is 0 Å². The summed E-state index contributed by atoms with van der Waals surface area (Å²) in [5, 5.41) is 18.1. The summed E-state index contributed by atoms with van der Waals surface area (Å²) in [5.41, 5.74) is -0.358. The summed E-state index contributed by atoms with van der Waals surface area (Å²) in [6, 6.07) is 2.79. The molecule has 0 heterocycles. The van der Waals surface area contributed by atoms with Crippen molar-refractivity contribution in [2.75, 3.05) is 0 Å². The predicted molar refractivity (Wildman–Crippen MR) is 58.9 cm³/mol. The maximum atomic E-state index is 13.8. The number of phenolic OH excluding ortho intramolecular Hbond substituents is 1. The average molecular weight is 289 g/mol. The third-order valence-electron chi connectivity index (χ3n) is 2.94. The van der Waals surface area contributed by atoms with Crippen LogP contribution in [0.5, 0.6) is 5.75 Å². The Bertz CT molecular complexity index is 455. The van der Waals surface area contributed by atoms with Crippen LogP contribution >= 0.6 is 15.9 Å². The van der Waals surface area contributed by atoms with Crippen molar-refractivity contribution in [3.8, 4) is 5.75 Å². The number of benzene rings is 1. The first-order valence-corrected chi connectivity index (χ1v) is 5.65. The minimum atomic E-state index is -0.952. The Morgan fingerprint density at radius 3 is 2.62 bits per heavy atom. The van der Waals surface area contributed by atoms with E-state index in [0.717, 1.165) is 0 Å². The molecular formula is C11H10BrFO3. The summed E-state index contributed by atoms with van der Waals surface area (Å²) in [6.07, 6.45) is 1.17. The Labute approximate surface area is 100 Å². The number of carbonyl (C=O) groups is 1. The standard InChI is InChI=1S/C11H10BrFO3/c12-6-1-2-7(14)10(13)9(6)11(3-4-11)5-8(15)16/h1-2,14H,3-5H2,(H,15,16). The summed E-state index contributed by atoms with van der Waals surface area (Å²) in [7, 11) is 0. The van der Waals surface area contributed by atoms with Gasteiger partial charge in [-0.25, -0.2) is 4.39 Å². The van der Waals surface area contributed by atoms with E-state index in [1.54, 1.807) is 0 Å². The third kappa shape index (κ3) is 1.80. The zero-order valence-electron chi connectivity index (χ0n) is 8.33. The Morgan fingerprint density at radius 2 is 2.12 bits per heavy atom. The van der Waals surface area contributed by atoms with E-state index < -0.39 is 23.0 Å². The first-order chi connectivity index (χ1) is 7.46. The summed E-state index contributed by atoms with van der Waals surface area (Å²) in [5.74, 6) is -2.10. The maximum absolute atomic E-state index is 13.8. The minimum Gasteiger partial charge on any atom is -0.505 e. The van der Waals surface area contributed by atoms with Crippen molar-refractivity contribution in [2.45, 2.75) is 24.7 Å². The second-order valence-electron chi connectivity index (χ2n) is 4.11. The number of aromatic hydroxyl groups is 1. The van der Waals surface area contributed by atoms with Gasteiger partial charge in [0.15, 0.2) is 11.6 Å². The lowest BCUT2D eigenvalue weighted by Crippen LogP contribution is -2.15. The molecule has 0 bridgehead atoms. The van der Waals surface area contributed by atoms with E-state index in [4.69, 9.17) is 5.11 Å². The van der Waals surface area contributed by atoms with Crippen LogP contribution in [0.1, 0.15) is 24.8 Å². The Hall–Kier alpha value is -1.10. The van der Waals surface area contributed by atoms with Gasteiger partial charge in [-0.2, -0.15) is 0 Å². The third-order valence-corrected chi connectivity index (χ3v) is 3.61. The molecule has 1 fully saturated rings. The van der Waals surface area contributed by atoms with Crippen LogP contribution in [0.3, 0.4) is 0 Å². The highest BCUT2D eigenvalue weighted by atomic mass is 79.9. The van der Waals surface area contributed by atoms with Crippen LogP contribution in [0.15, 0.2) is 16.6 Å². The van der Waals surface area contributed by atoms with E-state index in [0.29, 0.717) is 17.3 Å². The molecule has 1 aromatic carbocycles. The molecule has 0 atom stereocenters. The molecule has 0 radical (unpaired) electrons. The van der Waals surface area contributed by atoms with Crippen molar-refractivity contribution in [3.63, 3.8) is 0 Å². The molecule has 86 valence electrons. The topological polar surface area (TPSA) is 57.5 Å². The van der Waals surface area contributed by atoms with Crippen molar-refractivity contribution < 1.29 is 19.4 Å². The molecule has 1 aromatic rings. The van der Waals surface area contributed by atoms with Crippen molar-refractivity contribution in [2.24, 2.45) is 0 Å². The molecule has 16 heavy (non-hydrogen) atoms. The Kier molecular flexibility index (Phi) is 2.66. The molecule has 2 rings (SSSR count). The fraction of sp³-hybridized carbons (Fsp3) is 0.364. The van der Waals surface area contributed by atoms with Crippen molar-refractivity contribution in [3.05, 3.63) is 28.0 Å². The fourth-order valence-corrected chi connectivity index (χ4v) is 2.71. The van der Waals surface area contributed by atoms with Crippen molar-refractivity contribution in [1.29, 1.82) is 0 Å². The normalized spacial score (nSPS) is 17.1. The highest BCUT2D eigenvalue weighted by Gasteiger charge is 2.49. The zero-order valence-corrected chi connectivity index (χ0v) is 9.92. The van der Waals surface area contributed by atoms with Gasteiger partial charge < -0.3 is 10.2 Å². The first-order valence-electron chi connectivity index (χ1n) is 4.85. The predicted octanol–water partition coefficient (Wildman–Crippen LogP) is 2.80. The van der Waals surface area contributed by atoms with Crippen LogP contribution < -0.4 is 0 Å². The summed E-state index contributed by atoms with van der Waals surface area (Å²) >= 11 is 3.20. The van der Waals surface area contributed by atoms with E-state index in [9.17, 15) is 14.3 Å². The van der Waals surface area contributed by atoms with Gasteiger partial charge in [0, 0.05) is 15.5 Å². The van der Waals surface area contributed by atoms with E-state index in [1.807, 2.05) is 0 Å². The lowest BCUT2D eigenvalue weighted by molar-refractivity contribution is -0.137. The van der Waals surface area contributed by atoms with Gasteiger partial charge in [-0.1, -0.05) is 15.9 Å². The molecule has 1 aliphatic rings. The molecule has 0 spiro atoms. The Balaban J connectivity index is 2.48. The van der Waals surface area contributed by atoms with Gasteiger partial charge >= 0.3 is 5.97 Å². The number of phenols is 1. The molecular weight excluding hydrogens is 279 g/mol. The van der Waals surface area contributed by atoms with Gasteiger partial charge in [-0.15, -0.1) is 0 Å². The van der Waals surface area contributed by atoms with Crippen LogP contribution in [0.25, 0.3) is 0 Å². The van der Waals surface area contributed by atoms with Crippen LogP contribution in [0, 0.1) is 5.82 Å². The second-order valence-corrected chi connectivity index (χ2v) is 4.96. The number of hydrogen-bond donors (Lipinski definition) is 2. The summed E-state index contributed by atoms with van der Waals surface area (Å²) in [4.78, 5) is 10.7. The number of hydrogen-bond acceptors (Lipinski definition) is 2.